The first-order chi connectivity index (χ1) is 12.7. The largest absolute Gasteiger partial charge is 0.379 e. The Morgan fingerprint density at radius 3 is 3.00 bits per heavy atom. The van der Waals surface area contributed by atoms with E-state index < -0.39 is 0 Å². The standard InChI is InChI=1S/C19H26N4O3/c1-3-25-9-10-26-12-14-5-4-6-16(13(14)2)21-19(24)18-15-11-20-8-7-17(15)22-23-18/h4-6,20H,3,7-12H2,1-2H3,(H,21,24)(H,22,23). The van der Waals surface area contributed by atoms with Crippen molar-refractivity contribution in [3.05, 3.63) is 46.3 Å². The van der Waals surface area contributed by atoms with Crippen LogP contribution in [0, 0.1) is 6.92 Å². The number of amides is 1. The third-order valence-corrected chi connectivity index (χ3v) is 4.55. The highest BCUT2D eigenvalue weighted by Gasteiger charge is 2.22. The van der Waals surface area contributed by atoms with Crippen LogP contribution in [0.25, 0.3) is 0 Å². The molecule has 2 aromatic rings. The molecule has 1 aliphatic rings. The van der Waals surface area contributed by atoms with Crippen LogP contribution >= 0.6 is 0 Å². The van der Waals surface area contributed by atoms with Crippen molar-refractivity contribution < 1.29 is 14.3 Å². The first-order valence-electron chi connectivity index (χ1n) is 9.02. The molecule has 3 N–H and O–H groups in total. The predicted molar refractivity (Wildman–Crippen MR) is 99.3 cm³/mol. The molecule has 0 atom stereocenters. The fraction of sp³-hybridized carbons (Fsp3) is 0.474. The smallest absolute Gasteiger partial charge is 0.276 e. The van der Waals surface area contributed by atoms with Gasteiger partial charge in [-0.15, -0.1) is 0 Å². The van der Waals surface area contributed by atoms with Crippen molar-refractivity contribution in [2.45, 2.75) is 33.4 Å². The number of nitrogens with one attached hydrogen (secondary N) is 3. The fourth-order valence-electron chi connectivity index (χ4n) is 3.01. The summed E-state index contributed by atoms with van der Waals surface area (Å²) in [5.41, 5.74) is 5.29. The normalized spacial score (nSPS) is 13.5. The van der Waals surface area contributed by atoms with Crippen LogP contribution in [0.1, 0.15) is 39.8 Å². The van der Waals surface area contributed by atoms with Gasteiger partial charge in [0.2, 0.25) is 0 Å². The van der Waals surface area contributed by atoms with Gasteiger partial charge in [0.1, 0.15) is 0 Å². The molecule has 1 amide bonds. The summed E-state index contributed by atoms with van der Waals surface area (Å²) in [6, 6.07) is 5.83. The number of fused-ring (bicyclic) bond motifs is 1. The van der Waals surface area contributed by atoms with Crippen molar-refractivity contribution in [3.63, 3.8) is 0 Å². The van der Waals surface area contributed by atoms with Gasteiger partial charge in [-0.1, -0.05) is 12.1 Å². The number of H-pyrrole nitrogens is 1. The summed E-state index contributed by atoms with van der Waals surface area (Å²) in [5.74, 6) is -0.191. The molecule has 0 fully saturated rings. The molecule has 2 heterocycles. The van der Waals surface area contributed by atoms with Gasteiger partial charge in [0.25, 0.3) is 5.91 Å². The second-order valence-electron chi connectivity index (χ2n) is 6.25. The molecule has 0 saturated heterocycles. The molecular weight excluding hydrogens is 332 g/mol. The van der Waals surface area contributed by atoms with Gasteiger partial charge in [-0.05, 0) is 31.0 Å². The quantitative estimate of drug-likeness (QED) is 0.630. The van der Waals surface area contributed by atoms with E-state index in [-0.39, 0.29) is 5.91 Å². The lowest BCUT2D eigenvalue weighted by Crippen LogP contribution is -2.25. The molecule has 1 aromatic heterocycles. The molecule has 0 aliphatic carbocycles. The summed E-state index contributed by atoms with van der Waals surface area (Å²) in [5, 5.41) is 13.5. The zero-order chi connectivity index (χ0) is 18.4. The van der Waals surface area contributed by atoms with Crippen molar-refractivity contribution in [2.24, 2.45) is 0 Å². The van der Waals surface area contributed by atoms with E-state index in [9.17, 15) is 4.79 Å². The van der Waals surface area contributed by atoms with Gasteiger partial charge in [0, 0.05) is 43.1 Å². The van der Waals surface area contributed by atoms with Crippen LogP contribution in [-0.2, 0) is 29.0 Å². The van der Waals surface area contributed by atoms with Crippen LogP contribution in [-0.4, -0.2) is 42.5 Å². The number of hydrogen-bond acceptors (Lipinski definition) is 5. The van der Waals surface area contributed by atoms with Gasteiger partial charge in [0.05, 0.1) is 19.8 Å². The molecule has 3 rings (SSSR count). The number of benzene rings is 1. The molecule has 7 heteroatoms. The Morgan fingerprint density at radius 1 is 1.31 bits per heavy atom. The number of anilines is 1. The Bertz CT molecular complexity index is 757. The SMILES string of the molecule is CCOCCOCc1cccc(NC(=O)c2n[nH]c3c2CNCC3)c1C. The topological polar surface area (TPSA) is 88.3 Å². The average molecular weight is 358 g/mol. The first-order valence-corrected chi connectivity index (χ1v) is 9.02. The van der Waals surface area contributed by atoms with Gasteiger partial charge in [-0.25, -0.2) is 0 Å². The number of carbonyl (C=O) groups excluding carboxylic acids is 1. The van der Waals surface area contributed by atoms with Crippen molar-refractivity contribution in [1.29, 1.82) is 0 Å². The van der Waals surface area contributed by atoms with E-state index in [4.69, 9.17) is 9.47 Å². The molecule has 0 unspecified atom stereocenters. The maximum atomic E-state index is 12.7. The van der Waals surface area contributed by atoms with Gasteiger partial charge in [0.15, 0.2) is 5.69 Å². The first kappa shape index (κ1) is 18.6. The molecule has 0 bridgehead atoms. The second-order valence-corrected chi connectivity index (χ2v) is 6.25. The van der Waals surface area contributed by atoms with E-state index in [0.717, 1.165) is 41.0 Å². The predicted octanol–water partition coefficient (Wildman–Crippen LogP) is 2.17. The summed E-state index contributed by atoms with van der Waals surface area (Å²) in [6.07, 6.45) is 0.864. The number of carbonyl (C=O) groups is 1. The molecule has 0 radical (unpaired) electrons. The number of hydrogen-bond donors (Lipinski definition) is 3. The Morgan fingerprint density at radius 2 is 2.15 bits per heavy atom. The number of aromatic nitrogens is 2. The second kappa shape index (κ2) is 8.93. The lowest BCUT2D eigenvalue weighted by molar-refractivity contribution is 0.0451. The van der Waals surface area contributed by atoms with Gasteiger partial charge < -0.3 is 20.1 Å². The van der Waals surface area contributed by atoms with Crippen LogP contribution in [0.2, 0.25) is 0 Å². The molecular formula is C19H26N4O3. The summed E-state index contributed by atoms with van der Waals surface area (Å²) in [6.45, 7) is 7.84. The Hall–Kier alpha value is -2.22. The maximum Gasteiger partial charge on any atom is 0.276 e. The summed E-state index contributed by atoms with van der Waals surface area (Å²) < 4.78 is 10.9. The van der Waals surface area contributed by atoms with Gasteiger partial charge in [-0.2, -0.15) is 5.10 Å². The molecule has 1 aromatic carbocycles. The highest BCUT2D eigenvalue weighted by atomic mass is 16.5. The van der Waals surface area contributed by atoms with Crippen LogP contribution in [0.4, 0.5) is 5.69 Å². The lowest BCUT2D eigenvalue weighted by Gasteiger charge is -2.14. The highest BCUT2D eigenvalue weighted by molar-refractivity contribution is 6.04. The zero-order valence-electron chi connectivity index (χ0n) is 15.4. The molecule has 0 spiro atoms. The minimum Gasteiger partial charge on any atom is -0.379 e. The molecule has 0 saturated carbocycles. The molecule has 140 valence electrons. The number of nitrogens with zero attached hydrogens (tertiary/aromatic N) is 1. The van der Waals surface area contributed by atoms with Crippen molar-refractivity contribution >= 4 is 11.6 Å². The number of aromatic amines is 1. The third-order valence-electron chi connectivity index (χ3n) is 4.55. The third kappa shape index (κ3) is 4.30. The Balaban J connectivity index is 1.65. The Kier molecular flexibility index (Phi) is 6.38. The van der Waals surface area contributed by atoms with Gasteiger partial charge in [-0.3, -0.25) is 9.89 Å². The summed E-state index contributed by atoms with van der Waals surface area (Å²) in [7, 11) is 0. The lowest BCUT2D eigenvalue weighted by atomic mass is 10.1. The van der Waals surface area contributed by atoms with E-state index in [1.54, 1.807) is 0 Å². The zero-order valence-corrected chi connectivity index (χ0v) is 15.4. The van der Waals surface area contributed by atoms with E-state index in [1.165, 1.54) is 0 Å². The van der Waals surface area contributed by atoms with Crippen LogP contribution in [0.15, 0.2) is 18.2 Å². The summed E-state index contributed by atoms with van der Waals surface area (Å²) >= 11 is 0. The van der Waals surface area contributed by atoms with Crippen LogP contribution < -0.4 is 10.6 Å². The summed E-state index contributed by atoms with van der Waals surface area (Å²) in [4.78, 5) is 12.7. The van der Waals surface area contributed by atoms with E-state index in [0.29, 0.717) is 38.7 Å². The molecule has 26 heavy (non-hydrogen) atoms. The average Bonchev–Trinajstić information content (AvgIpc) is 3.08. The van der Waals surface area contributed by atoms with Crippen molar-refractivity contribution in [1.82, 2.24) is 15.5 Å². The van der Waals surface area contributed by atoms with E-state index in [2.05, 4.69) is 20.8 Å². The van der Waals surface area contributed by atoms with Gasteiger partial charge >= 0.3 is 0 Å². The van der Waals surface area contributed by atoms with Crippen molar-refractivity contribution in [3.8, 4) is 0 Å². The number of rotatable bonds is 8. The van der Waals surface area contributed by atoms with E-state index >= 15 is 0 Å². The fourth-order valence-corrected chi connectivity index (χ4v) is 3.01. The van der Waals surface area contributed by atoms with Crippen LogP contribution in [0.3, 0.4) is 0 Å². The molecule has 1 aliphatic heterocycles. The molecule has 7 nitrogen and oxygen atoms in total. The maximum absolute atomic E-state index is 12.7. The minimum absolute atomic E-state index is 0.191. The van der Waals surface area contributed by atoms with Crippen molar-refractivity contribution in [2.75, 3.05) is 31.7 Å². The number of ether oxygens (including phenoxy) is 2. The Labute approximate surface area is 153 Å². The monoisotopic (exact) mass is 358 g/mol. The van der Waals surface area contributed by atoms with Crippen LogP contribution in [0.5, 0.6) is 0 Å². The minimum atomic E-state index is -0.191. The van der Waals surface area contributed by atoms with E-state index in [1.807, 2.05) is 32.0 Å². The highest BCUT2D eigenvalue weighted by Crippen LogP contribution is 2.22.